The molecule has 10 heteroatoms. The monoisotopic (exact) mass is 396 g/mol. The molecule has 1 saturated heterocycles. The maximum Gasteiger partial charge on any atom is 0.246 e. The minimum Gasteiger partial charge on any atom is -0.467 e. The van der Waals surface area contributed by atoms with Gasteiger partial charge in [0.25, 0.3) is 0 Å². The second-order valence-corrected chi connectivity index (χ2v) is 8.22. The summed E-state index contributed by atoms with van der Waals surface area (Å²) in [6, 6.07) is 3.54. The van der Waals surface area contributed by atoms with Crippen LogP contribution in [-0.4, -0.2) is 54.7 Å². The molecule has 2 aromatic rings. The number of nitrogens with zero attached hydrogens (tertiary/aromatic N) is 3. The first kappa shape index (κ1) is 19.6. The number of aryl methyl sites for hydroxylation is 2. The molecule has 0 saturated carbocycles. The van der Waals surface area contributed by atoms with Crippen LogP contribution >= 0.6 is 0 Å². The second kappa shape index (κ2) is 8.24. The highest BCUT2D eigenvalue weighted by Crippen LogP contribution is 2.24. The van der Waals surface area contributed by atoms with E-state index in [1.807, 2.05) is 0 Å². The SMILES string of the molecule is Cc1nn(CCC(=O)NCc2ccco2)c(C)c1S(=O)(=O)N1CCOCC1. The molecule has 0 spiro atoms. The standard InChI is InChI=1S/C17H24N4O5S/c1-13-17(27(23,24)20-7-10-25-11-8-20)14(2)21(19-13)6-5-16(22)18-12-15-4-3-9-26-15/h3-4,9H,5-8,10-12H2,1-2H3,(H,18,22). The molecule has 0 radical (unpaired) electrons. The number of nitrogens with one attached hydrogen (secondary N) is 1. The molecule has 9 nitrogen and oxygen atoms in total. The molecule has 1 aliphatic heterocycles. The van der Waals surface area contributed by atoms with Crippen molar-refractivity contribution >= 4 is 15.9 Å². The summed E-state index contributed by atoms with van der Waals surface area (Å²) in [5.74, 6) is 0.518. The van der Waals surface area contributed by atoms with Gasteiger partial charge in [-0.25, -0.2) is 8.42 Å². The molecule has 0 bridgehead atoms. The Balaban J connectivity index is 1.65. The molecule has 3 rings (SSSR count). The number of aromatic nitrogens is 2. The number of furan rings is 1. The summed E-state index contributed by atoms with van der Waals surface area (Å²) in [5.41, 5.74) is 0.979. The average molecular weight is 396 g/mol. The van der Waals surface area contributed by atoms with Crippen LogP contribution in [0.2, 0.25) is 0 Å². The number of carbonyl (C=O) groups is 1. The lowest BCUT2D eigenvalue weighted by molar-refractivity contribution is -0.121. The third-order valence-corrected chi connectivity index (χ3v) is 6.63. The lowest BCUT2D eigenvalue weighted by atomic mass is 10.3. The molecular weight excluding hydrogens is 372 g/mol. The maximum absolute atomic E-state index is 12.9. The maximum atomic E-state index is 12.9. The van der Waals surface area contributed by atoms with E-state index in [2.05, 4.69) is 10.4 Å². The van der Waals surface area contributed by atoms with E-state index >= 15 is 0 Å². The molecule has 1 amide bonds. The minimum atomic E-state index is -3.62. The number of carbonyl (C=O) groups excluding carboxylic acids is 1. The smallest absolute Gasteiger partial charge is 0.246 e. The van der Waals surface area contributed by atoms with Crippen LogP contribution in [0.1, 0.15) is 23.6 Å². The predicted molar refractivity (Wildman–Crippen MR) is 96.5 cm³/mol. The molecule has 1 fully saturated rings. The summed E-state index contributed by atoms with van der Waals surface area (Å²) >= 11 is 0. The van der Waals surface area contributed by atoms with E-state index in [4.69, 9.17) is 9.15 Å². The molecule has 0 aliphatic carbocycles. The van der Waals surface area contributed by atoms with Gasteiger partial charge in [-0.2, -0.15) is 9.40 Å². The van der Waals surface area contributed by atoms with Crippen molar-refractivity contribution in [3.05, 3.63) is 35.5 Å². The first-order valence-corrected chi connectivity index (χ1v) is 10.2. The lowest BCUT2D eigenvalue weighted by Crippen LogP contribution is -2.41. The fraction of sp³-hybridized carbons (Fsp3) is 0.529. The Bertz CT molecular complexity index is 883. The van der Waals surface area contributed by atoms with Gasteiger partial charge in [-0.1, -0.05) is 0 Å². The zero-order valence-electron chi connectivity index (χ0n) is 15.5. The summed E-state index contributed by atoms with van der Waals surface area (Å²) < 4.78 is 39.3. The Hall–Kier alpha value is -2.17. The molecule has 3 heterocycles. The average Bonchev–Trinajstić information content (AvgIpc) is 3.27. The van der Waals surface area contributed by atoms with Gasteiger partial charge in [0, 0.05) is 19.5 Å². The molecule has 2 aromatic heterocycles. The van der Waals surface area contributed by atoms with Crippen LogP contribution in [0.4, 0.5) is 0 Å². The van der Waals surface area contributed by atoms with E-state index in [0.29, 0.717) is 56.5 Å². The van der Waals surface area contributed by atoms with E-state index in [1.165, 1.54) is 4.31 Å². The van der Waals surface area contributed by atoms with Gasteiger partial charge in [0.05, 0.1) is 44.0 Å². The van der Waals surface area contributed by atoms with Crippen molar-refractivity contribution in [3.8, 4) is 0 Å². The van der Waals surface area contributed by atoms with Gasteiger partial charge in [0.1, 0.15) is 10.7 Å². The summed E-state index contributed by atoms with van der Waals surface area (Å²) in [5, 5.41) is 7.10. The zero-order chi connectivity index (χ0) is 19.4. The van der Waals surface area contributed by atoms with Gasteiger partial charge in [-0.05, 0) is 26.0 Å². The van der Waals surface area contributed by atoms with E-state index in [-0.39, 0.29) is 17.2 Å². The van der Waals surface area contributed by atoms with E-state index in [9.17, 15) is 13.2 Å². The number of sulfonamides is 1. The highest BCUT2D eigenvalue weighted by molar-refractivity contribution is 7.89. The van der Waals surface area contributed by atoms with Crippen molar-refractivity contribution in [3.63, 3.8) is 0 Å². The number of hydrogen-bond acceptors (Lipinski definition) is 6. The number of amides is 1. The number of ether oxygens (including phenoxy) is 1. The second-order valence-electron chi connectivity index (χ2n) is 6.35. The van der Waals surface area contributed by atoms with Crippen molar-refractivity contribution < 1.29 is 22.4 Å². The molecule has 1 N–H and O–H groups in total. The van der Waals surface area contributed by atoms with Crippen LogP contribution in [-0.2, 0) is 32.6 Å². The highest BCUT2D eigenvalue weighted by Gasteiger charge is 2.32. The summed E-state index contributed by atoms with van der Waals surface area (Å²) in [4.78, 5) is 12.2. The van der Waals surface area contributed by atoms with Crippen LogP contribution in [0.3, 0.4) is 0 Å². The zero-order valence-corrected chi connectivity index (χ0v) is 16.3. The number of hydrogen-bond donors (Lipinski definition) is 1. The number of rotatable bonds is 7. The van der Waals surface area contributed by atoms with Gasteiger partial charge in [-0.3, -0.25) is 9.48 Å². The predicted octanol–water partition coefficient (Wildman–Crippen LogP) is 0.820. The van der Waals surface area contributed by atoms with Gasteiger partial charge in [0.15, 0.2) is 0 Å². The van der Waals surface area contributed by atoms with E-state index in [1.54, 1.807) is 36.9 Å². The quantitative estimate of drug-likeness (QED) is 0.743. The topological polar surface area (TPSA) is 107 Å². The Morgan fingerprint density at radius 3 is 2.70 bits per heavy atom. The van der Waals surface area contributed by atoms with Gasteiger partial charge in [0.2, 0.25) is 15.9 Å². The van der Waals surface area contributed by atoms with Crippen LogP contribution in [0.15, 0.2) is 27.7 Å². The van der Waals surface area contributed by atoms with Gasteiger partial charge < -0.3 is 14.5 Å². The van der Waals surface area contributed by atoms with Gasteiger partial charge in [-0.15, -0.1) is 0 Å². The summed E-state index contributed by atoms with van der Waals surface area (Å²) in [7, 11) is -3.62. The minimum absolute atomic E-state index is 0.156. The van der Waals surface area contributed by atoms with Crippen LogP contribution in [0, 0.1) is 13.8 Å². The lowest BCUT2D eigenvalue weighted by Gasteiger charge is -2.26. The molecule has 0 unspecified atom stereocenters. The van der Waals surface area contributed by atoms with Crippen molar-refractivity contribution in [2.24, 2.45) is 0 Å². The van der Waals surface area contributed by atoms with Crippen molar-refractivity contribution in [2.75, 3.05) is 26.3 Å². The normalized spacial score (nSPS) is 15.8. The summed E-state index contributed by atoms with van der Waals surface area (Å²) in [6.45, 7) is 5.46. The van der Waals surface area contributed by atoms with E-state index < -0.39 is 10.0 Å². The Morgan fingerprint density at radius 1 is 1.30 bits per heavy atom. The largest absolute Gasteiger partial charge is 0.467 e. The van der Waals surface area contributed by atoms with Crippen LogP contribution in [0.5, 0.6) is 0 Å². The Kier molecular flexibility index (Phi) is 5.98. The molecule has 0 aromatic carbocycles. The first-order chi connectivity index (χ1) is 12.9. The molecular formula is C17H24N4O5S. The molecule has 27 heavy (non-hydrogen) atoms. The van der Waals surface area contributed by atoms with Crippen molar-refractivity contribution in [1.29, 1.82) is 0 Å². The fourth-order valence-corrected chi connectivity index (χ4v) is 4.86. The van der Waals surface area contributed by atoms with Crippen LogP contribution in [0.25, 0.3) is 0 Å². The van der Waals surface area contributed by atoms with Crippen molar-refractivity contribution in [2.45, 2.75) is 38.3 Å². The van der Waals surface area contributed by atoms with Crippen molar-refractivity contribution in [1.82, 2.24) is 19.4 Å². The summed E-state index contributed by atoms with van der Waals surface area (Å²) in [6.07, 6.45) is 1.74. The fourth-order valence-electron chi connectivity index (χ4n) is 3.08. The number of morpholine rings is 1. The third kappa shape index (κ3) is 4.40. The van der Waals surface area contributed by atoms with E-state index in [0.717, 1.165) is 0 Å². The highest BCUT2D eigenvalue weighted by atomic mass is 32.2. The molecule has 148 valence electrons. The van der Waals surface area contributed by atoms with Gasteiger partial charge >= 0.3 is 0 Å². The molecule has 0 atom stereocenters. The Morgan fingerprint density at radius 2 is 2.04 bits per heavy atom. The Labute approximate surface area is 158 Å². The molecule has 1 aliphatic rings. The first-order valence-electron chi connectivity index (χ1n) is 8.80. The van der Waals surface area contributed by atoms with Crippen LogP contribution < -0.4 is 5.32 Å². The third-order valence-electron chi connectivity index (χ3n) is 4.47.